The topological polar surface area (TPSA) is 70.1 Å². The largest absolute Gasteiger partial charge is 0.464 e. The van der Waals surface area contributed by atoms with E-state index in [9.17, 15) is 4.79 Å². The van der Waals surface area contributed by atoms with Crippen LogP contribution in [0.3, 0.4) is 0 Å². The smallest absolute Gasteiger partial charge is 0.360 e. The molecule has 60 valence electrons. The number of rotatable bonds is 1. The number of ether oxygens (including phenoxy) is 1. The predicted octanol–water partition coefficient (Wildman–Crippen LogP) is -0.211. The molecule has 0 bridgehead atoms. The first-order valence-corrected chi connectivity index (χ1v) is 3.02. The molecule has 0 saturated heterocycles. The van der Waals surface area contributed by atoms with E-state index in [1.54, 1.807) is 11.6 Å². The summed E-state index contributed by atoms with van der Waals surface area (Å²) in [5.41, 5.74) is 5.64. The zero-order chi connectivity index (χ0) is 8.43. The Bertz CT molecular complexity index is 279. The number of nitrogens with zero attached hydrogens (tertiary/aromatic N) is 2. The van der Waals surface area contributed by atoms with Gasteiger partial charge >= 0.3 is 5.97 Å². The van der Waals surface area contributed by atoms with Crippen LogP contribution in [0, 0.1) is 0 Å². The lowest BCUT2D eigenvalue weighted by Crippen LogP contribution is -2.06. The van der Waals surface area contributed by atoms with Crippen molar-refractivity contribution in [2.45, 2.75) is 0 Å². The Morgan fingerprint density at radius 3 is 2.82 bits per heavy atom. The van der Waals surface area contributed by atoms with E-state index in [1.807, 2.05) is 0 Å². The molecular weight excluding hydrogens is 146 g/mol. The number of aromatic nitrogens is 2. The van der Waals surface area contributed by atoms with E-state index in [0.29, 0.717) is 5.82 Å². The monoisotopic (exact) mass is 155 g/mol. The molecule has 1 rings (SSSR count). The molecule has 0 aliphatic rings. The number of carbonyl (C=O) groups excluding carboxylic acids is 1. The van der Waals surface area contributed by atoms with Gasteiger partial charge in [-0.05, 0) is 0 Å². The lowest BCUT2D eigenvalue weighted by molar-refractivity contribution is 0.0596. The Labute approximate surface area is 63.8 Å². The minimum atomic E-state index is -0.511. The summed E-state index contributed by atoms with van der Waals surface area (Å²) >= 11 is 0. The van der Waals surface area contributed by atoms with Crippen LogP contribution in [0.25, 0.3) is 0 Å². The summed E-state index contributed by atoms with van der Waals surface area (Å²) in [6.45, 7) is 0. The van der Waals surface area contributed by atoms with E-state index in [2.05, 4.69) is 9.72 Å². The van der Waals surface area contributed by atoms with Crippen LogP contribution in [0.1, 0.15) is 10.5 Å². The van der Waals surface area contributed by atoms with Gasteiger partial charge in [0.15, 0.2) is 5.69 Å². The lowest BCUT2D eigenvalue weighted by atomic mass is 10.4. The Balaban J connectivity index is 3.04. The van der Waals surface area contributed by atoms with E-state index in [-0.39, 0.29) is 5.69 Å². The molecule has 1 aromatic rings. The third-order valence-electron chi connectivity index (χ3n) is 1.36. The summed E-state index contributed by atoms with van der Waals surface area (Å²) in [5, 5.41) is 0. The fourth-order valence-corrected chi connectivity index (χ4v) is 0.694. The highest BCUT2D eigenvalue weighted by molar-refractivity contribution is 5.91. The molecule has 0 aromatic carbocycles. The van der Waals surface area contributed by atoms with Gasteiger partial charge in [0.05, 0.1) is 13.4 Å². The number of esters is 1. The van der Waals surface area contributed by atoms with Crippen molar-refractivity contribution in [3.63, 3.8) is 0 Å². The zero-order valence-electron chi connectivity index (χ0n) is 6.37. The number of anilines is 1. The molecular formula is C6H9N3O2. The van der Waals surface area contributed by atoms with Crippen LogP contribution in [0.5, 0.6) is 0 Å². The second kappa shape index (κ2) is 2.61. The summed E-state index contributed by atoms with van der Waals surface area (Å²) < 4.78 is 5.98. The lowest BCUT2D eigenvalue weighted by Gasteiger charge is -1.96. The maximum absolute atomic E-state index is 10.9. The first kappa shape index (κ1) is 7.59. The first-order chi connectivity index (χ1) is 5.16. The van der Waals surface area contributed by atoms with Gasteiger partial charge < -0.3 is 15.0 Å². The van der Waals surface area contributed by atoms with Gasteiger partial charge in [-0.2, -0.15) is 0 Å². The van der Waals surface area contributed by atoms with E-state index >= 15 is 0 Å². The quantitative estimate of drug-likeness (QED) is 0.569. The number of nitrogens with two attached hydrogens (primary N) is 1. The molecule has 1 aromatic heterocycles. The van der Waals surface area contributed by atoms with Gasteiger partial charge in [0.2, 0.25) is 0 Å². The van der Waals surface area contributed by atoms with Gasteiger partial charge in [0, 0.05) is 7.05 Å². The standard InChI is InChI=1S/C6H9N3O2/c1-9-3-8-4(5(9)7)6(10)11-2/h3H,7H2,1-2H3. The van der Waals surface area contributed by atoms with Crippen molar-refractivity contribution in [3.8, 4) is 0 Å². The average molecular weight is 155 g/mol. The maximum Gasteiger partial charge on any atom is 0.360 e. The van der Waals surface area contributed by atoms with E-state index in [4.69, 9.17) is 5.73 Å². The highest BCUT2D eigenvalue weighted by Crippen LogP contribution is 2.08. The molecule has 0 aliphatic carbocycles. The summed E-state index contributed by atoms with van der Waals surface area (Å²) in [6, 6.07) is 0. The van der Waals surface area contributed by atoms with Gasteiger partial charge in [-0.15, -0.1) is 0 Å². The average Bonchev–Trinajstić information content (AvgIpc) is 2.32. The van der Waals surface area contributed by atoms with Crippen molar-refractivity contribution in [1.29, 1.82) is 0 Å². The van der Waals surface area contributed by atoms with E-state index in [1.165, 1.54) is 13.4 Å². The van der Waals surface area contributed by atoms with Crippen molar-refractivity contribution < 1.29 is 9.53 Å². The fraction of sp³-hybridized carbons (Fsp3) is 0.333. The van der Waals surface area contributed by atoms with Gasteiger partial charge in [-0.1, -0.05) is 0 Å². The van der Waals surface area contributed by atoms with Gasteiger partial charge in [0.1, 0.15) is 5.82 Å². The SMILES string of the molecule is COC(=O)c1ncn(C)c1N. The zero-order valence-corrected chi connectivity index (χ0v) is 6.37. The molecule has 0 saturated carbocycles. The van der Waals surface area contributed by atoms with Crippen molar-refractivity contribution in [1.82, 2.24) is 9.55 Å². The van der Waals surface area contributed by atoms with Crippen molar-refractivity contribution in [2.75, 3.05) is 12.8 Å². The number of nitrogen functional groups attached to an aromatic ring is 1. The fourth-order valence-electron chi connectivity index (χ4n) is 0.694. The highest BCUT2D eigenvalue weighted by Gasteiger charge is 2.13. The van der Waals surface area contributed by atoms with Crippen LogP contribution in [0.4, 0.5) is 5.82 Å². The molecule has 5 heteroatoms. The molecule has 5 nitrogen and oxygen atoms in total. The molecule has 2 N–H and O–H groups in total. The van der Waals surface area contributed by atoms with Crippen molar-refractivity contribution in [3.05, 3.63) is 12.0 Å². The Kier molecular flexibility index (Phi) is 1.80. The molecule has 0 fully saturated rings. The van der Waals surface area contributed by atoms with E-state index < -0.39 is 5.97 Å². The Morgan fingerprint density at radius 1 is 1.82 bits per heavy atom. The minimum absolute atomic E-state index is 0.162. The molecule has 0 radical (unpaired) electrons. The summed E-state index contributed by atoms with van der Waals surface area (Å²) in [7, 11) is 2.99. The third-order valence-corrected chi connectivity index (χ3v) is 1.36. The van der Waals surface area contributed by atoms with Crippen LogP contribution < -0.4 is 5.73 Å². The molecule has 0 amide bonds. The molecule has 11 heavy (non-hydrogen) atoms. The van der Waals surface area contributed by atoms with Gasteiger partial charge in [-0.25, -0.2) is 9.78 Å². The maximum atomic E-state index is 10.9. The van der Waals surface area contributed by atoms with Crippen molar-refractivity contribution >= 4 is 11.8 Å². The number of imidazole rings is 1. The molecule has 0 spiro atoms. The number of hydrogen-bond acceptors (Lipinski definition) is 4. The summed E-state index contributed by atoms with van der Waals surface area (Å²) in [4.78, 5) is 14.6. The molecule has 0 unspecified atom stereocenters. The summed E-state index contributed by atoms with van der Waals surface area (Å²) in [5.74, 6) is -0.194. The Hall–Kier alpha value is -1.52. The number of methoxy groups -OCH3 is 1. The van der Waals surface area contributed by atoms with Crippen LogP contribution in [-0.4, -0.2) is 22.6 Å². The second-order valence-electron chi connectivity index (χ2n) is 2.08. The number of hydrogen-bond donors (Lipinski definition) is 1. The van der Waals surface area contributed by atoms with Gasteiger partial charge in [0.25, 0.3) is 0 Å². The normalized spacial score (nSPS) is 9.64. The van der Waals surface area contributed by atoms with Crippen LogP contribution in [0.2, 0.25) is 0 Å². The Morgan fingerprint density at radius 2 is 2.45 bits per heavy atom. The van der Waals surface area contributed by atoms with Gasteiger partial charge in [-0.3, -0.25) is 0 Å². The molecule has 0 atom stereocenters. The minimum Gasteiger partial charge on any atom is -0.464 e. The van der Waals surface area contributed by atoms with E-state index in [0.717, 1.165) is 0 Å². The predicted molar refractivity (Wildman–Crippen MR) is 39.0 cm³/mol. The highest BCUT2D eigenvalue weighted by atomic mass is 16.5. The van der Waals surface area contributed by atoms with Crippen molar-refractivity contribution in [2.24, 2.45) is 7.05 Å². The summed E-state index contributed by atoms with van der Waals surface area (Å²) in [6.07, 6.45) is 1.46. The number of aryl methyl sites for hydroxylation is 1. The molecule has 1 heterocycles. The van der Waals surface area contributed by atoms with Crippen LogP contribution in [-0.2, 0) is 11.8 Å². The first-order valence-electron chi connectivity index (χ1n) is 3.02. The third kappa shape index (κ3) is 1.17. The second-order valence-corrected chi connectivity index (χ2v) is 2.08. The molecule has 0 aliphatic heterocycles. The number of carbonyl (C=O) groups is 1. The van der Waals surface area contributed by atoms with Crippen LogP contribution in [0.15, 0.2) is 6.33 Å². The van der Waals surface area contributed by atoms with Crippen LogP contribution >= 0.6 is 0 Å².